The minimum atomic E-state index is -0.211. The van der Waals surface area contributed by atoms with Crippen molar-refractivity contribution in [1.29, 1.82) is 0 Å². The predicted octanol–water partition coefficient (Wildman–Crippen LogP) is 3.38. The summed E-state index contributed by atoms with van der Waals surface area (Å²) in [5, 5.41) is 13.5. The number of hydrogen-bond acceptors (Lipinski definition) is 6. The van der Waals surface area contributed by atoms with Gasteiger partial charge in [-0.2, -0.15) is 0 Å². The molecule has 1 aliphatic heterocycles. The van der Waals surface area contributed by atoms with Crippen LogP contribution in [0.4, 0.5) is 0 Å². The summed E-state index contributed by atoms with van der Waals surface area (Å²) in [4.78, 5) is 9.52. The summed E-state index contributed by atoms with van der Waals surface area (Å²) in [6.07, 6.45) is 1.83. The lowest BCUT2D eigenvalue weighted by molar-refractivity contribution is 0.0965. The number of tetrazole rings is 1. The average Bonchev–Trinajstić information content (AvgIpc) is 3.22. The molecule has 1 fully saturated rings. The summed E-state index contributed by atoms with van der Waals surface area (Å²) in [5.41, 5.74) is 1.93. The maximum absolute atomic E-state index is 6.36. The first-order valence-electron chi connectivity index (χ1n) is 10.3. The molecule has 1 saturated heterocycles. The van der Waals surface area contributed by atoms with E-state index < -0.39 is 0 Å². The molecule has 0 saturated carbocycles. The summed E-state index contributed by atoms with van der Waals surface area (Å²) in [5.74, 6) is 0.834. The van der Waals surface area contributed by atoms with Crippen LogP contribution in [0.15, 0.2) is 48.7 Å². The molecule has 0 bridgehead atoms. The molecule has 0 N–H and O–H groups in total. The quantitative estimate of drug-likeness (QED) is 0.624. The van der Waals surface area contributed by atoms with Crippen molar-refractivity contribution in [3.63, 3.8) is 0 Å². The lowest BCUT2D eigenvalue weighted by Gasteiger charge is -2.39. The highest BCUT2D eigenvalue weighted by atomic mass is 35.5. The Kier molecular flexibility index (Phi) is 6.13. The molecule has 0 spiro atoms. The summed E-state index contributed by atoms with van der Waals surface area (Å²) < 4.78 is 1.92. The molecule has 0 aliphatic carbocycles. The fourth-order valence-corrected chi connectivity index (χ4v) is 4.11. The van der Waals surface area contributed by atoms with E-state index in [1.165, 1.54) is 5.56 Å². The van der Waals surface area contributed by atoms with Crippen molar-refractivity contribution in [2.24, 2.45) is 0 Å². The fourth-order valence-electron chi connectivity index (χ4n) is 3.91. The first-order valence-corrected chi connectivity index (χ1v) is 10.7. The van der Waals surface area contributed by atoms with Gasteiger partial charge in [0, 0.05) is 43.9 Å². The van der Waals surface area contributed by atoms with Crippen molar-refractivity contribution in [3.05, 3.63) is 70.8 Å². The van der Waals surface area contributed by atoms with Crippen LogP contribution in [0.2, 0.25) is 5.02 Å². The highest BCUT2D eigenvalue weighted by molar-refractivity contribution is 6.31. The number of piperazine rings is 1. The van der Waals surface area contributed by atoms with Crippen LogP contribution in [0.25, 0.3) is 0 Å². The second-order valence-electron chi connectivity index (χ2n) is 8.68. The van der Waals surface area contributed by atoms with Gasteiger partial charge in [-0.1, -0.05) is 35.9 Å². The number of nitrogens with zero attached hydrogens (tertiary/aromatic N) is 7. The average molecular weight is 426 g/mol. The number of aromatic nitrogens is 5. The van der Waals surface area contributed by atoms with Gasteiger partial charge in [0.1, 0.15) is 6.04 Å². The fraction of sp³-hybridized carbons (Fsp3) is 0.455. The Morgan fingerprint density at radius 1 is 1.00 bits per heavy atom. The maximum atomic E-state index is 6.36. The van der Waals surface area contributed by atoms with Crippen LogP contribution in [-0.4, -0.2) is 61.2 Å². The topological polar surface area (TPSA) is 63.0 Å². The number of halogens is 1. The van der Waals surface area contributed by atoms with Crippen LogP contribution in [0, 0.1) is 0 Å². The molecule has 3 heterocycles. The lowest BCUT2D eigenvalue weighted by Crippen LogP contribution is -2.48. The molecule has 3 aromatic rings. The van der Waals surface area contributed by atoms with Gasteiger partial charge in [-0.3, -0.25) is 14.8 Å². The minimum absolute atomic E-state index is 0.0807. The van der Waals surface area contributed by atoms with Gasteiger partial charge in [-0.05, 0) is 55.0 Å². The van der Waals surface area contributed by atoms with Crippen molar-refractivity contribution in [1.82, 2.24) is 35.0 Å². The number of benzene rings is 1. The highest BCUT2D eigenvalue weighted by Gasteiger charge is 2.33. The molecule has 0 radical (unpaired) electrons. The van der Waals surface area contributed by atoms with E-state index in [4.69, 9.17) is 11.6 Å². The van der Waals surface area contributed by atoms with Gasteiger partial charge in [0.05, 0.1) is 11.2 Å². The van der Waals surface area contributed by atoms with E-state index in [0.717, 1.165) is 49.3 Å². The smallest absolute Gasteiger partial charge is 0.175 e. The van der Waals surface area contributed by atoms with E-state index in [2.05, 4.69) is 63.2 Å². The third-order valence-corrected chi connectivity index (χ3v) is 5.83. The van der Waals surface area contributed by atoms with E-state index >= 15 is 0 Å². The number of pyridine rings is 1. The second-order valence-corrected chi connectivity index (χ2v) is 9.09. The van der Waals surface area contributed by atoms with Crippen LogP contribution in [0.1, 0.15) is 43.9 Å². The zero-order valence-corrected chi connectivity index (χ0v) is 18.5. The predicted molar refractivity (Wildman–Crippen MR) is 117 cm³/mol. The van der Waals surface area contributed by atoms with Crippen molar-refractivity contribution in [2.45, 2.75) is 38.9 Å². The molecule has 7 nitrogen and oxygen atoms in total. The van der Waals surface area contributed by atoms with Crippen LogP contribution < -0.4 is 0 Å². The van der Waals surface area contributed by atoms with E-state index in [9.17, 15) is 0 Å². The summed E-state index contributed by atoms with van der Waals surface area (Å²) in [7, 11) is 0. The maximum Gasteiger partial charge on any atom is 0.175 e. The zero-order valence-electron chi connectivity index (χ0n) is 17.7. The Labute approximate surface area is 182 Å². The Morgan fingerprint density at radius 2 is 1.73 bits per heavy atom. The Hall–Kier alpha value is -2.35. The van der Waals surface area contributed by atoms with Crippen LogP contribution in [0.5, 0.6) is 0 Å². The molecular weight excluding hydrogens is 398 g/mol. The third-order valence-electron chi connectivity index (χ3n) is 5.47. The number of hydrogen-bond donors (Lipinski definition) is 0. The molecule has 1 unspecified atom stereocenters. The van der Waals surface area contributed by atoms with Gasteiger partial charge in [0.15, 0.2) is 5.82 Å². The molecule has 8 heteroatoms. The largest absolute Gasteiger partial charge is 0.296 e. The molecule has 1 aromatic carbocycles. The van der Waals surface area contributed by atoms with Gasteiger partial charge in [0.25, 0.3) is 0 Å². The van der Waals surface area contributed by atoms with Crippen molar-refractivity contribution in [2.75, 3.05) is 26.2 Å². The Morgan fingerprint density at radius 3 is 2.40 bits per heavy atom. The van der Waals surface area contributed by atoms with E-state index in [-0.39, 0.29) is 11.6 Å². The monoisotopic (exact) mass is 425 g/mol. The molecule has 158 valence electrons. The highest BCUT2D eigenvalue weighted by Crippen LogP contribution is 2.29. The zero-order chi connectivity index (χ0) is 21.1. The van der Waals surface area contributed by atoms with Gasteiger partial charge in [0.2, 0.25) is 0 Å². The Bertz CT molecular complexity index is 959. The molecule has 1 aliphatic rings. The summed E-state index contributed by atoms with van der Waals surface area (Å²) in [6, 6.07) is 14.0. The minimum Gasteiger partial charge on any atom is -0.296 e. The molecule has 4 rings (SSSR count). The van der Waals surface area contributed by atoms with Gasteiger partial charge >= 0.3 is 0 Å². The molecular formula is C22H28ClN7. The molecule has 0 amide bonds. The Balaban J connectivity index is 1.55. The standard InChI is InChI=1S/C22H28ClN7/c1-22(2,3)30-21(25-26-27-30)20(19-10-6-7-11-24-19)29-14-12-28(13-15-29)16-17-8-4-5-9-18(17)23/h4-11,20H,12-16H2,1-3H3. The molecule has 2 aromatic heterocycles. The van der Waals surface area contributed by atoms with E-state index in [0.29, 0.717) is 0 Å². The van der Waals surface area contributed by atoms with Crippen molar-refractivity contribution in [3.8, 4) is 0 Å². The first-order chi connectivity index (χ1) is 14.4. The van der Waals surface area contributed by atoms with Gasteiger partial charge in [-0.15, -0.1) is 5.10 Å². The summed E-state index contributed by atoms with van der Waals surface area (Å²) >= 11 is 6.36. The number of rotatable bonds is 5. The summed E-state index contributed by atoms with van der Waals surface area (Å²) in [6.45, 7) is 10.9. The lowest BCUT2D eigenvalue weighted by atomic mass is 10.1. The van der Waals surface area contributed by atoms with E-state index in [1.807, 2.05) is 41.2 Å². The van der Waals surface area contributed by atoms with Crippen LogP contribution in [-0.2, 0) is 12.1 Å². The molecule has 1 atom stereocenters. The SMILES string of the molecule is CC(C)(C)n1nnnc1C(c1ccccn1)N1CCN(Cc2ccccc2Cl)CC1. The van der Waals surface area contributed by atoms with Gasteiger partial charge < -0.3 is 0 Å². The normalized spacial score (nSPS) is 17.2. The second kappa shape index (κ2) is 8.79. The molecule has 30 heavy (non-hydrogen) atoms. The first kappa shape index (κ1) is 20.9. The van der Waals surface area contributed by atoms with Crippen LogP contribution in [0.3, 0.4) is 0 Å². The third kappa shape index (κ3) is 4.53. The van der Waals surface area contributed by atoms with Crippen molar-refractivity contribution >= 4 is 11.6 Å². The van der Waals surface area contributed by atoms with Gasteiger partial charge in [-0.25, -0.2) is 4.68 Å². The van der Waals surface area contributed by atoms with Crippen LogP contribution >= 0.6 is 11.6 Å². The van der Waals surface area contributed by atoms with E-state index in [1.54, 1.807) is 0 Å². The van der Waals surface area contributed by atoms with Crippen molar-refractivity contribution < 1.29 is 0 Å².